The van der Waals surface area contributed by atoms with Crippen LogP contribution in [0, 0.1) is 0 Å². The topological polar surface area (TPSA) is 65.0 Å². The zero-order valence-electron chi connectivity index (χ0n) is 20.6. The number of unbranched alkanes of at least 4 members (excludes halogenated alkanes) is 7. The van der Waals surface area contributed by atoms with Crippen molar-refractivity contribution in [1.29, 1.82) is 0 Å². The van der Waals surface area contributed by atoms with Crippen LogP contribution in [0.5, 0.6) is 11.5 Å². The molecule has 32 heavy (non-hydrogen) atoms. The van der Waals surface area contributed by atoms with Crippen molar-refractivity contribution in [3.63, 3.8) is 0 Å². The first-order valence-corrected chi connectivity index (χ1v) is 13.3. The fourth-order valence-electron chi connectivity index (χ4n) is 3.11. The first-order chi connectivity index (χ1) is 15.3. The SMILES string of the molecule is CCCCCCCCCCOc1ccccc1OCC(O)CSCCC(=O)OC(C)(C)C. The second-order valence-corrected chi connectivity index (χ2v) is 10.3. The minimum absolute atomic E-state index is 0.192. The number of aliphatic hydroxyl groups excluding tert-OH is 1. The van der Waals surface area contributed by atoms with Gasteiger partial charge in [-0.2, -0.15) is 11.8 Å². The van der Waals surface area contributed by atoms with Gasteiger partial charge in [-0.25, -0.2) is 0 Å². The quantitative estimate of drug-likeness (QED) is 0.198. The molecule has 0 fully saturated rings. The lowest BCUT2D eigenvalue weighted by molar-refractivity contribution is -0.154. The van der Waals surface area contributed by atoms with Crippen LogP contribution in [0.2, 0.25) is 0 Å². The third-order valence-corrected chi connectivity index (χ3v) is 5.83. The van der Waals surface area contributed by atoms with Crippen LogP contribution in [-0.4, -0.2) is 47.5 Å². The van der Waals surface area contributed by atoms with Gasteiger partial charge >= 0.3 is 5.97 Å². The van der Waals surface area contributed by atoms with E-state index in [0.29, 0.717) is 30.3 Å². The second-order valence-electron chi connectivity index (χ2n) is 9.15. The molecule has 0 amide bonds. The molecule has 0 aromatic heterocycles. The molecule has 0 heterocycles. The highest BCUT2D eigenvalue weighted by Gasteiger charge is 2.16. The lowest BCUT2D eigenvalue weighted by Crippen LogP contribution is -2.24. The summed E-state index contributed by atoms with van der Waals surface area (Å²) >= 11 is 1.52. The Bertz CT molecular complexity index is 614. The molecule has 0 radical (unpaired) electrons. The van der Waals surface area contributed by atoms with Gasteiger partial charge in [0.15, 0.2) is 11.5 Å². The molecule has 0 aliphatic rings. The molecule has 184 valence electrons. The van der Waals surface area contributed by atoms with Crippen LogP contribution in [-0.2, 0) is 9.53 Å². The van der Waals surface area contributed by atoms with Crippen LogP contribution in [0.3, 0.4) is 0 Å². The van der Waals surface area contributed by atoms with Gasteiger partial charge in [0.1, 0.15) is 12.2 Å². The van der Waals surface area contributed by atoms with E-state index >= 15 is 0 Å². The van der Waals surface area contributed by atoms with Gasteiger partial charge in [0.2, 0.25) is 0 Å². The van der Waals surface area contributed by atoms with E-state index in [0.717, 1.165) is 12.2 Å². The van der Waals surface area contributed by atoms with Crippen molar-refractivity contribution in [1.82, 2.24) is 0 Å². The highest BCUT2D eigenvalue weighted by Crippen LogP contribution is 2.27. The van der Waals surface area contributed by atoms with Gasteiger partial charge in [0, 0.05) is 11.5 Å². The summed E-state index contributed by atoms with van der Waals surface area (Å²) in [5.74, 6) is 2.29. The largest absolute Gasteiger partial charge is 0.490 e. The molecule has 1 aromatic carbocycles. The van der Waals surface area contributed by atoms with E-state index in [1.807, 2.05) is 45.0 Å². The van der Waals surface area contributed by atoms with Crippen LogP contribution in [0.15, 0.2) is 24.3 Å². The van der Waals surface area contributed by atoms with Crippen molar-refractivity contribution >= 4 is 17.7 Å². The van der Waals surface area contributed by atoms with Crippen molar-refractivity contribution in [2.75, 3.05) is 24.7 Å². The molecular weight excluding hydrogens is 424 g/mol. The van der Waals surface area contributed by atoms with E-state index in [2.05, 4.69) is 6.92 Å². The summed E-state index contributed by atoms with van der Waals surface area (Å²) < 4.78 is 17.0. The Morgan fingerprint density at radius 3 is 2.19 bits per heavy atom. The lowest BCUT2D eigenvalue weighted by Gasteiger charge is -2.19. The van der Waals surface area contributed by atoms with Crippen molar-refractivity contribution in [2.45, 2.75) is 97.2 Å². The van der Waals surface area contributed by atoms with Crippen LogP contribution < -0.4 is 9.47 Å². The van der Waals surface area contributed by atoms with Crippen LogP contribution >= 0.6 is 11.8 Å². The van der Waals surface area contributed by atoms with E-state index in [-0.39, 0.29) is 12.6 Å². The predicted molar refractivity (Wildman–Crippen MR) is 134 cm³/mol. The fourth-order valence-corrected chi connectivity index (χ4v) is 3.95. The fraction of sp³-hybridized carbons (Fsp3) is 0.731. The summed E-state index contributed by atoms with van der Waals surface area (Å²) in [6.45, 7) is 8.69. The molecule has 6 heteroatoms. The average Bonchev–Trinajstić information content (AvgIpc) is 2.73. The molecule has 1 unspecified atom stereocenters. The molecule has 0 saturated heterocycles. The monoisotopic (exact) mass is 468 g/mol. The molecule has 5 nitrogen and oxygen atoms in total. The predicted octanol–water partition coefficient (Wildman–Crippen LogP) is 6.41. The number of aliphatic hydroxyl groups is 1. The van der Waals surface area contributed by atoms with Crippen molar-refractivity contribution in [3.05, 3.63) is 24.3 Å². The van der Waals surface area contributed by atoms with Crippen LogP contribution in [0.4, 0.5) is 0 Å². The van der Waals surface area contributed by atoms with Gasteiger partial charge in [0.25, 0.3) is 0 Å². The van der Waals surface area contributed by atoms with Gasteiger partial charge < -0.3 is 19.3 Å². The maximum Gasteiger partial charge on any atom is 0.307 e. The molecule has 0 saturated carbocycles. The maximum absolute atomic E-state index is 11.7. The van der Waals surface area contributed by atoms with Gasteiger partial charge in [-0.05, 0) is 39.3 Å². The Morgan fingerprint density at radius 1 is 0.969 bits per heavy atom. The van der Waals surface area contributed by atoms with Crippen molar-refractivity contribution in [3.8, 4) is 11.5 Å². The van der Waals surface area contributed by atoms with Crippen LogP contribution in [0.25, 0.3) is 0 Å². The highest BCUT2D eigenvalue weighted by molar-refractivity contribution is 7.99. The Balaban J connectivity index is 2.19. The summed E-state index contributed by atoms with van der Waals surface area (Å²) in [5.41, 5.74) is -0.460. The minimum atomic E-state index is -0.612. The zero-order valence-corrected chi connectivity index (χ0v) is 21.4. The first-order valence-electron chi connectivity index (χ1n) is 12.1. The summed E-state index contributed by atoms with van der Waals surface area (Å²) in [5, 5.41) is 10.2. The van der Waals surface area contributed by atoms with E-state index in [1.54, 1.807) is 0 Å². The zero-order chi connectivity index (χ0) is 23.7. The number of hydrogen-bond donors (Lipinski definition) is 1. The summed E-state index contributed by atoms with van der Waals surface area (Å²) in [7, 11) is 0. The number of para-hydroxylation sites is 2. The lowest BCUT2D eigenvalue weighted by atomic mass is 10.1. The Kier molecular flexibility index (Phi) is 15.3. The molecule has 0 bridgehead atoms. The van der Waals surface area contributed by atoms with Gasteiger partial charge in [-0.1, -0.05) is 64.0 Å². The minimum Gasteiger partial charge on any atom is -0.490 e. The molecule has 1 aromatic rings. The number of benzene rings is 1. The third kappa shape index (κ3) is 15.4. The molecule has 1 atom stereocenters. The first kappa shape index (κ1) is 28.6. The van der Waals surface area contributed by atoms with Gasteiger partial charge in [-0.3, -0.25) is 4.79 Å². The number of thioether (sulfide) groups is 1. The molecule has 1 rings (SSSR count). The number of carbonyl (C=O) groups excluding carboxylic acids is 1. The summed E-state index contributed by atoms with van der Waals surface area (Å²) in [4.78, 5) is 11.7. The van der Waals surface area contributed by atoms with Gasteiger partial charge in [-0.15, -0.1) is 0 Å². The normalized spacial score (nSPS) is 12.4. The van der Waals surface area contributed by atoms with E-state index in [1.165, 1.54) is 56.7 Å². The number of ether oxygens (including phenoxy) is 3. The van der Waals surface area contributed by atoms with E-state index < -0.39 is 11.7 Å². The Morgan fingerprint density at radius 2 is 1.56 bits per heavy atom. The Labute approximate surface area is 199 Å². The van der Waals surface area contributed by atoms with Gasteiger partial charge in [0.05, 0.1) is 19.1 Å². The van der Waals surface area contributed by atoms with E-state index in [4.69, 9.17) is 14.2 Å². The number of rotatable bonds is 18. The molecule has 0 aliphatic carbocycles. The number of carbonyl (C=O) groups is 1. The second kappa shape index (κ2) is 17.1. The highest BCUT2D eigenvalue weighted by atomic mass is 32.2. The smallest absolute Gasteiger partial charge is 0.307 e. The average molecular weight is 469 g/mol. The van der Waals surface area contributed by atoms with E-state index in [9.17, 15) is 9.90 Å². The molecular formula is C26H44O5S. The molecule has 0 aliphatic heterocycles. The number of esters is 1. The molecule has 1 N–H and O–H groups in total. The third-order valence-electron chi connectivity index (χ3n) is 4.72. The summed E-state index contributed by atoms with van der Waals surface area (Å²) in [6.07, 6.45) is 9.87. The maximum atomic E-state index is 11.7. The Hall–Kier alpha value is -1.40. The summed E-state index contributed by atoms with van der Waals surface area (Å²) in [6, 6.07) is 7.60. The van der Waals surface area contributed by atoms with Crippen molar-refractivity contribution in [2.24, 2.45) is 0 Å². The van der Waals surface area contributed by atoms with Crippen LogP contribution in [0.1, 0.15) is 85.5 Å². The molecule has 0 spiro atoms. The van der Waals surface area contributed by atoms with Crippen molar-refractivity contribution < 1.29 is 24.1 Å². The number of hydrogen-bond acceptors (Lipinski definition) is 6. The standard InChI is InChI=1S/C26H44O5S/c1-5-6-7-8-9-10-11-14-18-29-23-15-12-13-16-24(23)30-20-22(27)21-32-19-17-25(28)31-26(2,3)4/h12-13,15-16,22,27H,5-11,14,17-21H2,1-4H3.